The molecule has 2 unspecified atom stereocenters. The number of thioether (sulfide) groups is 1. The van der Waals surface area contributed by atoms with Crippen molar-refractivity contribution < 1.29 is 9.59 Å². The molecule has 1 aliphatic carbocycles. The van der Waals surface area contributed by atoms with Crippen molar-refractivity contribution in [3.05, 3.63) is 111 Å². The zero-order chi connectivity index (χ0) is 28.8. The Labute approximate surface area is 253 Å². The molecule has 0 spiro atoms. The molecule has 0 radical (unpaired) electrons. The van der Waals surface area contributed by atoms with Gasteiger partial charge in [0.25, 0.3) is 0 Å². The van der Waals surface area contributed by atoms with Crippen LogP contribution >= 0.6 is 34.7 Å². The van der Waals surface area contributed by atoms with Crippen LogP contribution in [0, 0.1) is 11.3 Å². The Kier molecular flexibility index (Phi) is 9.45. The van der Waals surface area contributed by atoms with Crippen LogP contribution in [0.2, 0.25) is 5.02 Å². The quantitative estimate of drug-likeness (QED) is 0.190. The molecule has 2 N–H and O–H groups in total. The van der Waals surface area contributed by atoms with Gasteiger partial charge in [0.2, 0.25) is 11.8 Å². The summed E-state index contributed by atoms with van der Waals surface area (Å²) in [5, 5.41) is 16.9. The summed E-state index contributed by atoms with van der Waals surface area (Å²) >= 11 is 8.93. The van der Waals surface area contributed by atoms with Crippen molar-refractivity contribution in [1.29, 1.82) is 5.26 Å². The fourth-order valence-electron chi connectivity index (χ4n) is 5.12. The number of fused-ring (bicyclic) bond motifs is 1. The second kappa shape index (κ2) is 13.4. The van der Waals surface area contributed by atoms with E-state index in [1.54, 1.807) is 12.1 Å². The van der Waals surface area contributed by atoms with Gasteiger partial charge in [-0.15, -0.1) is 23.1 Å². The van der Waals surface area contributed by atoms with Crippen molar-refractivity contribution in [3.8, 4) is 6.07 Å². The molecule has 8 heteroatoms. The van der Waals surface area contributed by atoms with Crippen molar-refractivity contribution in [3.63, 3.8) is 0 Å². The molecule has 5 nitrogen and oxygen atoms in total. The lowest BCUT2D eigenvalue weighted by molar-refractivity contribution is -0.116. The molecule has 1 heterocycles. The molecule has 0 bridgehead atoms. The van der Waals surface area contributed by atoms with Crippen LogP contribution in [-0.2, 0) is 28.9 Å². The highest BCUT2D eigenvalue weighted by molar-refractivity contribution is 8.00. The molecule has 0 aliphatic heterocycles. The maximum absolute atomic E-state index is 13.4. The Balaban J connectivity index is 1.23. The van der Waals surface area contributed by atoms with Gasteiger partial charge in [-0.25, -0.2) is 0 Å². The van der Waals surface area contributed by atoms with E-state index in [9.17, 15) is 14.9 Å². The van der Waals surface area contributed by atoms with Crippen LogP contribution in [0.25, 0.3) is 0 Å². The summed E-state index contributed by atoms with van der Waals surface area (Å²) in [4.78, 5) is 28.0. The zero-order valence-electron chi connectivity index (χ0n) is 22.7. The molecule has 2 atom stereocenters. The van der Waals surface area contributed by atoms with Crippen LogP contribution in [0.5, 0.6) is 0 Å². The van der Waals surface area contributed by atoms with Gasteiger partial charge in [-0.2, -0.15) is 5.26 Å². The van der Waals surface area contributed by atoms with Crippen molar-refractivity contribution in [1.82, 2.24) is 0 Å². The van der Waals surface area contributed by atoms with E-state index in [0.717, 1.165) is 35.3 Å². The SMILES string of the molecule is CCC(Sc1cccc(NC(=O)Cc2ccc(Cl)cc2)c1)C(=O)Nc1sc2c(c1C#N)CCC(c1ccccc1)C2. The van der Waals surface area contributed by atoms with Gasteiger partial charge in [-0.1, -0.05) is 67.1 Å². The molecule has 1 aromatic heterocycles. The van der Waals surface area contributed by atoms with E-state index in [4.69, 9.17) is 11.6 Å². The first-order valence-corrected chi connectivity index (χ1v) is 15.7. The largest absolute Gasteiger partial charge is 0.326 e. The topological polar surface area (TPSA) is 82.0 Å². The molecule has 0 fully saturated rings. The molecule has 3 aromatic carbocycles. The Bertz CT molecular complexity index is 1580. The van der Waals surface area contributed by atoms with Crippen LogP contribution in [0.3, 0.4) is 0 Å². The normalized spacial score (nSPS) is 14.9. The van der Waals surface area contributed by atoms with Gasteiger partial charge in [0.1, 0.15) is 11.1 Å². The average Bonchev–Trinajstić information content (AvgIpc) is 3.33. The monoisotopic (exact) mass is 599 g/mol. The first-order valence-electron chi connectivity index (χ1n) is 13.6. The van der Waals surface area contributed by atoms with E-state index < -0.39 is 0 Å². The summed E-state index contributed by atoms with van der Waals surface area (Å²) in [7, 11) is 0. The number of halogens is 1. The molecular formula is C33H30ClN3O2S2. The van der Waals surface area contributed by atoms with Crippen molar-refractivity contribution in [2.75, 3.05) is 10.6 Å². The summed E-state index contributed by atoms with van der Waals surface area (Å²) in [5.74, 6) is 0.180. The Morgan fingerprint density at radius 1 is 1.07 bits per heavy atom. The van der Waals surface area contributed by atoms with Gasteiger partial charge in [0.05, 0.1) is 17.2 Å². The first kappa shape index (κ1) is 28.9. The van der Waals surface area contributed by atoms with E-state index in [2.05, 4.69) is 41.0 Å². The summed E-state index contributed by atoms with van der Waals surface area (Å²) in [6.07, 6.45) is 3.58. The van der Waals surface area contributed by atoms with Gasteiger partial charge >= 0.3 is 0 Å². The fourth-order valence-corrected chi connectivity index (χ4v) is 7.54. The van der Waals surface area contributed by atoms with E-state index in [1.807, 2.05) is 49.4 Å². The molecule has 0 saturated carbocycles. The van der Waals surface area contributed by atoms with Crippen LogP contribution in [0.1, 0.15) is 52.8 Å². The second-order valence-electron chi connectivity index (χ2n) is 10.1. The number of hydrogen-bond donors (Lipinski definition) is 2. The molecule has 41 heavy (non-hydrogen) atoms. The van der Waals surface area contributed by atoms with Crippen LogP contribution in [-0.4, -0.2) is 17.1 Å². The average molecular weight is 600 g/mol. The number of amides is 2. The minimum Gasteiger partial charge on any atom is -0.326 e. The third-order valence-electron chi connectivity index (χ3n) is 7.22. The number of nitrogens with zero attached hydrogens (tertiary/aromatic N) is 1. The standard InChI is InChI=1S/C33H30ClN3O2S2/c1-2-29(40-26-10-6-9-25(19-26)36-31(38)17-21-11-14-24(34)15-12-21)32(39)37-33-28(20-35)27-16-13-23(18-30(27)41-33)22-7-4-3-5-8-22/h3-12,14-15,19,23,29H,2,13,16-18H2,1H3,(H,36,38)(H,37,39). The minimum atomic E-state index is -0.349. The maximum atomic E-state index is 13.4. The van der Waals surface area contributed by atoms with Crippen molar-refractivity contribution in [2.24, 2.45) is 0 Å². The molecule has 5 rings (SSSR count). The lowest BCUT2D eigenvalue weighted by atomic mass is 9.83. The zero-order valence-corrected chi connectivity index (χ0v) is 25.0. The second-order valence-corrected chi connectivity index (χ2v) is 12.9. The molecule has 1 aliphatic rings. The highest BCUT2D eigenvalue weighted by Gasteiger charge is 2.28. The summed E-state index contributed by atoms with van der Waals surface area (Å²) in [6, 6.07) is 27.6. The fraction of sp³-hybridized carbons (Fsp3) is 0.242. The number of nitrogens with one attached hydrogen (secondary N) is 2. The number of carbonyl (C=O) groups excluding carboxylic acids is 2. The number of carbonyl (C=O) groups is 2. The number of nitriles is 1. The minimum absolute atomic E-state index is 0.121. The number of thiophene rings is 1. The van der Waals surface area contributed by atoms with Crippen molar-refractivity contribution in [2.45, 2.75) is 55.1 Å². The van der Waals surface area contributed by atoms with Gasteiger partial charge in [0, 0.05) is 20.5 Å². The van der Waals surface area contributed by atoms with Gasteiger partial charge in [0.15, 0.2) is 0 Å². The maximum Gasteiger partial charge on any atom is 0.238 e. The Morgan fingerprint density at radius 2 is 1.85 bits per heavy atom. The predicted octanol–water partition coefficient (Wildman–Crippen LogP) is 8.24. The number of benzene rings is 3. The smallest absolute Gasteiger partial charge is 0.238 e. The van der Waals surface area contributed by atoms with Gasteiger partial charge in [-0.05, 0) is 78.6 Å². The van der Waals surface area contributed by atoms with E-state index in [0.29, 0.717) is 33.6 Å². The van der Waals surface area contributed by atoms with Crippen LogP contribution in [0.4, 0.5) is 10.7 Å². The van der Waals surface area contributed by atoms with Gasteiger partial charge < -0.3 is 10.6 Å². The third-order valence-corrected chi connectivity index (χ3v) is 10.0. The van der Waals surface area contributed by atoms with E-state index >= 15 is 0 Å². The molecule has 2 amide bonds. The lowest BCUT2D eigenvalue weighted by Crippen LogP contribution is -2.24. The highest BCUT2D eigenvalue weighted by Crippen LogP contribution is 2.42. The van der Waals surface area contributed by atoms with Gasteiger partial charge in [-0.3, -0.25) is 9.59 Å². The Hall–Kier alpha value is -3.57. The number of rotatable bonds is 9. The third kappa shape index (κ3) is 7.20. The van der Waals surface area contributed by atoms with Crippen LogP contribution < -0.4 is 10.6 Å². The number of hydrogen-bond acceptors (Lipinski definition) is 5. The summed E-state index contributed by atoms with van der Waals surface area (Å²) in [5.41, 5.74) is 4.57. The molecular weight excluding hydrogens is 570 g/mol. The van der Waals surface area contributed by atoms with E-state index in [-0.39, 0.29) is 23.5 Å². The molecule has 4 aromatic rings. The molecule has 0 saturated heterocycles. The first-order chi connectivity index (χ1) is 19.9. The molecule has 208 valence electrons. The van der Waals surface area contributed by atoms with Crippen molar-refractivity contribution >= 4 is 57.2 Å². The van der Waals surface area contributed by atoms with Crippen LogP contribution in [0.15, 0.2) is 83.8 Å². The van der Waals surface area contributed by atoms with E-state index in [1.165, 1.54) is 33.5 Å². The predicted molar refractivity (Wildman–Crippen MR) is 169 cm³/mol. The highest BCUT2D eigenvalue weighted by atomic mass is 35.5. The Morgan fingerprint density at radius 3 is 2.59 bits per heavy atom. The lowest BCUT2D eigenvalue weighted by Gasteiger charge is -2.22. The number of anilines is 2. The summed E-state index contributed by atoms with van der Waals surface area (Å²) in [6.45, 7) is 1.98. The summed E-state index contributed by atoms with van der Waals surface area (Å²) < 4.78 is 0.